The normalized spacial score (nSPS) is 26.1. The Labute approximate surface area is 173 Å². The molecule has 4 rings (SSSR count). The summed E-state index contributed by atoms with van der Waals surface area (Å²) in [6.07, 6.45) is 3.37. The van der Waals surface area contributed by atoms with Crippen LogP contribution in [0.15, 0.2) is 12.1 Å². The van der Waals surface area contributed by atoms with Crippen LogP contribution in [-0.2, 0) is 32.3 Å². The number of imide groups is 1. The van der Waals surface area contributed by atoms with E-state index < -0.39 is 24.1 Å². The van der Waals surface area contributed by atoms with Crippen molar-refractivity contribution in [1.82, 2.24) is 10.2 Å². The summed E-state index contributed by atoms with van der Waals surface area (Å²) in [5.41, 5.74) is 0.492. The van der Waals surface area contributed by atoms with E-state index in [0.29, 0.717) is 29.4 Å². The van der Waals surface area contributed by atoms with Crippen LogP contribution in [0.4, 0.5) is 4.79 Å². The van der Waals surface area contributed by atoms with E-state index in [1.54, 1.807) is 12.1 Å². The van der Waals surface area contributed by atoms with Crippen LogP contribution in [0.25, 0.3) is 0 Å². The van der Waals surface area contributed by atoms with Gasteiger partial charge in [-0.2, -0.15) is 0 Å². The van der Waals surface area contributed by atoms with Crippen molar-refractivity contribution in [2.45, 2.75) is 51.4 Å². The minimum absolute atomic E-state index is 0.0334. The van der Waals surface area contributed by atoms with Crippen LogP contribution >= 0.6 is 11.6 Å². The maximum Gasteiger partial charge on any atom is 0.326 e. The standard InChI is InChI=1S/C20H23ClN2O6/c1-12-4-2-3-5-20(12)18(25)23(19(26)22-20)8-16(24)28-10-14-7-15(21)6-13-9-27-11-29-17(13)14/h6-7,12H,2-5,8-11H2,1H3,(H,22,26)/t12-,20-/m1/s1. The lowest BCUT2D eigenvalue weighted by Gasteiger charge is -2.36. The number of nitrogens with one attached hydrogen (secondary N) is 1. The smallest absolute Gasteiger partial charge is 0.326 e. The quantitative estimate of drug-likeness (QED) is 0.592. The summed E-state index contributed by atoms with van der Waals surface area (Å²) in [5, 5.41) is 3.30. The first kappa shape index (κ1) is 20.0. The van der Waals surface area contributed by atoms with Crippen LogP contribution in [0, 0.1) is 5.92 Å². The number of hydrogen-bond acceptors (Lipinski definition) is 6. The Kier molecular flexibility index (Phi) is 5.40. The van der Waals surface area contributed by atoms with E-state index in [0.717, 1.165) is 29.7 Å². The molecule has 0 aromatic heterocycles. The number of esters is 1. The molecule has 0 radical (unpaired) electrons. The first-order chi connectivity index (χ1) is 13.9. The molecule has 2 atom stereocenters. The van der Waals surface area contributed by atoms with Crippen LogP contribution in [0.5, 0.6) is 5.75 Å². The van der Waals surface area contributed by atoms with Gasteiger partial charge in [0.05, 0.1) is 6.61 Å². The van der Waals surface area contributed by atoms with E-state index in [4.69, 9.17) is 25.8 Å². The maximum absolute atomic E-state index is 12.9. The van der Waals surface area contributed by atoms with Crippen molar-refractivity contribution in [2.75, 3.05) is 13.3 Å². The zero-order chi connectivity index (χ0) is 20.6. The van der Waals surface area contributed by atoms with Crippen LogP contribution in [0.3, 0.4) is 0 Å². The van der Waals surface area contributed by atoms with Gasteiger partial charge in [-0.25, -0.2) is 4.79 Å². The van der Waals surface area contributed by atoms with E-state index in [2.05, 4.69) is 5.32 Å². The molecule has 1 saturated heterocycles. The molecule has 1 aliphatic carbocycles. The van der Waals surface area contributed by atoms with E-state index in [1.807, 2.05) is 6.92 Å². The van der Waals surface area contributed by atoms with Crippen LogP contribution < -0.4 is 10.1 Å². The first-order valence-corrected chi connectivity index (χ1v) is 10.1. The Morgan fingerprint density at radius 3 is 3.00 bits per heavy atom. The summed E-state index contributed by atoms with van der Waals surface area (Å²) in [4.78, 5) is 38.7. The van der Waals surface area contributed by atoms with E-state index in [-0.39, 0.29) is 25.2 Å². The molecule has 1 saturated carbocycles. The van der Waals surface area contributed by atoms with Gasteiger partial charge in [0, 0.05) is 16.1 Å². The maximum atomic E-state index is 12.9. The number of rotatable bonds is 4. The molecule has 9 heteroatoms. The van der Waals surface area contributed by atoms with Crippen LogP contribution in [-0.4, -0.2) is 41.7 Å². The van der Waals surface area contributed by atoms with Crippen molar-refractivity contribution in [1.29, 1.82) is 0 Å². The molecule has 8 nitrogen and oxygen atoms in total. The van der Waals surface area contributed by atoms with E-state index >= 15 is 0 Å². The summed E-state index contributed by atoms with van der Waals surface area (Å²) >= 11 is 6.11. The molecular formula is C20H23ClN2O6. The van der Waals surface area contributed by atoms with Crippen LogP contribution in [0.2, 0.25) is 5.02 Å². The van der Waals surface area contributed by atoms with Gasteiger partial charge in [0.2, 0.25) is 0 Å². The van der Waals surface area contributed by atoms with E-state index in [9.17, 15) is 14.4 Å². The zero-order valence-electron chi connectivity index (χ0n) is 16.2. The van der Waals surface area contributed by atoms with Gasteiger partial charge in [-0.3, -0.25) is 14.5 Å². The second-order valence-electron chi connectivity index (χ2n) is 7.76. The molecule has 2 aliphatic heterocycles. The van der Waals surface area contributed by atoms with Gasteiger partial charge >= 0.3 is 12.0 Å². The number of halogens is 1. The number of fused-ring (bicyclic) bond motifs is 1. The number of amides is 3. The second kappa shape index (κ2) is 7.84. The minimum Gasteiger partial charge on any atom is -0.467 e. The Balaban J connectivity index is 1.41. The lowest BCUT2D eigenvalue weighted by atomic mass is 9.73. The summed E-state index contributed by atoms with van der Waals surface area (Å²) in [6.45, 7) is 1.93. The average Bonchev–Trinajstić information content (AvgIpc) is 2.93. The number of carbonyl (C=O) groups excluding carboxylic acids is 3. The third kappa shape index (κ3) is 3.67. The SMILES string of the molecule is C[C@@H]1CCCC[C@@]12NC(=O)N(CC(=O)OCc1cc(Cl)cc3c1OCOC3)C2=O. The molecule has 1 spiro atoms. The van der Waals surface area contributed by atoms with Gasteiger partial charge in [-0.05, 0) is 30.9 Å². The second-order valence-corrected chi connectivity index (χ2v) is 8.20. The third-order valence-corrected chi connectivity index (χ3v) is 6.15. The van der Waals surface area contributed by atoms with Gasteiger partial charge < -0.3 is 19.5 Å². The topological polar surface area (TPSA) is 94.2 Å². The molecule has 1 aromatic carbocycles. The van der Waals surface area contributed by atoms with Gasteiger partial charge in [0.1, 0.15) is 24.4 Å². The fraction of sp³-hybridized carbons (Fsp3) is 0.550. The summed E-state index contributed by atoms with van der Waals surface area (Å²) in [7, 11) is 0. The molecule has 0 unspecified atom stereocenters. The number of ether oxygens (including phenoxy) is 3. The molecule has 1 aromatic rings. The Bertz CT molecular complexity index is 860. The lowest BCUT2D eigenvalue weighted by Crippen LogP contribution is -2.54. The molecule has 29 heavy (non-hydrogen) atoms. The summed E-state index contributed by atoms with van der Waals surface area (Å²) in [6, 6.07) is 2.85. The highest BCUT2D eigenvalue weighted by Gasteiger charge is 2.55. The van der Waals surface area contributed by atoms with Crippen molar-refractivity contribution in [3.05, 3.63) is 28.3 Å². The van der Waals surface area contributed by atoms with Crippen molar-refractivity contribution in [3.8, 4) is 5.75 Å². The van der Waals surface area contributed by atoms with Crippen molar-refractivity contribution in [3.63, 3.8) is 0 Å². The molecule has 156 valence electrons. The summed E-state index contributed by atoms with van der Waals surface area (Å²) < 4.78 is 16.0. The number of nitrogens with zero attached hydrogens (tertiary/aromatic N) is 1. The highest BCUT2D eigenvalue weighted by molar-refractivity contribution is 6.30. The van der Waals surface area contributed by atoms with E-state index in [1.165, 1.54) is 0 Å². The average molecular weight is 423 g/mol. The van der Waals surface area contributed by atoms with Crippen molar-refractivity contribution in [2.24, 2.45) is 5.92 Å². The van der Waals surface area contributed by atoms with Gasteiger partial charge in [0.25, 0.3) is 5.91 Å². The number of urea groups is 1. The van der Waals surface area contributed by atoms with Crippen LogP contribution in [0.1, 0.15) is 43.7 Å². The largest absolute Gasteiger partial charge is 0.467 e. The molecule has 3 amide bonds. The highest BCUT2D eigenvalue weighted by Crippen LogP contribution is 2.38. The number of hydrogen-bond donors (Lipinski definition) is 1. The molecule has 2 heterocycles. The minimum atomic E-state index is -0.893. The predicted octanol–water partition coefficient (Wildman–Crippen LogP) is 2.75. The number of carbonyl (C=O) groups is 3. The third-order valence-electron chi connectivity index (χ3n) is 5.93. The monoisotopic (exact) mass is 422 g/mol. The Morgan fingerprint density at radius 1 is 1.38 bits per heavy atom. The van der Waals surface area contributed by atoms with Crippen molar-refractivity contribution < 1.29 is 28.6 Å². The van der Waals surface area contributed by atoms with Gasteiger partial charge in [-0.1, -0.05) is 31.4 Å². The highest BCUT2D eigenvalue weighted by atomic mass is 35.5. The lowest BCUT2D eigenvalue weighted by molar-refractivity contribution is -0.149. The molecule has 1 N–H and O–H groups in total. The summed E-state index contributed by atoms with van der Waals surface area (Å²) in [5.74, 6) is -0.397. The molecule has 2 fully saturated rings. The Morgan fingerprint density at radius 2 is 2.21 bits per heavy atom. The fourth-order valence-electron chi connectivity index (χ4n) is 4.34. The molecular weight excluding hydrogens is 400 g/mol. The number of benzene rings is 1. The first-order valence-electron chi connectivity index (χ1n) is 9.72. The van der Waals surface area contributed by atoms with Crippen molar-refractivity contribution >= 4 is 29.5 Å². The molecule has 3 aliphatic rings. The zero-order valence-corrected chi connectivity index (χ0v) is 16.9. The molecule has 0 bridgehead atoms. The predicted molar refractivity (Wildman–Crippen MR) is 102 cm³/mol. The Hall–Kier alpha value is -2.32. The fourth-order valence-corrected chi connectivity index (χ4v) is 4.60. The van der Waals surface area contributed by atoms with Gasteiger partial charge in [0.15, 0.2) is 6.79 Å². The van der Waals surface area contributed by atoms with Gasteiger partial charge in [-0.15, -0.1) is 0 Å².